The van der Waals surface area contributed by atoms with Crippen LogP contribution in [0.2, 0.25) is 0 Å². The molecule has 0 heterocycles. The molecule has 8 nitrogen and oxygen atoms in total. The number of para-hydroxylation sites is 4. The molecule has 4 N–H and O–H groups in total. The number of phenolic OH excluding ortho intramolecular Hbond substituents is 2. The monoisotopic (exact) mass is 614 g/mol. The summed E-state index contributed by atoms with van der Waals surface area (Å²) >= 11 is 0. The summed E-state index contributed by atoms with van der Waals surface area (Å²) in [6.07, 6.45) is 4.44. The lowest BCUT2D eigenvalue weighted by atomic mass is 9.89. The molecule has 4 aromatic rings. The molecule has 0 amide bonds. The Kier molecular flexibility index (Phi) is 13.1. The Morgan fingerprint density at radius 1 is 0.556 bits per heavy atom. The van der Waals surface area contributed by atoms with E-state index in [9.17, 15) is 10.2 Å². The quantitative estimate of drug-likeness (QED) is 0.128. The van der Waals surface area contributed by atoms with Crippen LogP contribution in [0.3, 0.4) is 0 Å². The van der Waals surface area contributed by atoms with Gasteiger partial charge in [0.15, 0.2) is 0 Å². The Hall–Kier alpha value is -4.08. The molecule has 1 saturated carbocycles. The number of hydrogen-bond acceptors (Lipinski definition) is 8. The fourth-order valence-electron chi connectivity index (χ4n) is 5.86. The fraction of sp³-hybridized carbons (Fsp3) is 0.351. The smallest absolute Gasteiger partial charge is 0.145 e. The van der Waals surface area contributed by atoms with Gasteiger partial charge in [-0.05, 0) is 25.0 Å². The summed E-state index contributed by atoms with van der Waals surface area (Å²) in [5.74, 6) is 2.02. The molecule has 1 aliphatic carbocycles. The van der Waals surface area contributed by atoms with Gasteiger partial charge in [-0.25, -0.2) is 0 Å². The van der Waals surface area contributed by atoms with Crippen LogP contribution in [-0.4, -0.2) is 57.5 Å². The number of methoxy groups -OCH3 is 4. The average molecular weight is 615 g/mol. The summed E-state index contributed by atoms with van der Waals surface area (Å²) in [5, 5.41) is 29.7. The maximum absolute atomic E-state index is 11.1. The fourth-order valence-corrected chi connectivity index (χ4v) is 5.86. The van der Waals surface area contributed by atoms with E-state index >= 15 is 0 Å². The molecule has 0 spiro atoms. The van der Waals surface area contributed by atoms with Crippen molar-refractivity contribution in [1.29, 1.82) is 0 Å². The highest BCUT2D eigenvalue weighted by Crippen LogP contribution is 2.39. The van der Waals surface area contributed by atoms with Crippen LogP contribution < -0.4 is 20.1 Å². The normalized spacial score (nSPS) is 16.0. The number of ether oxygens (including phenoxy) is 4. The first-order valence-electron chi connectivity index (χ1n) is 15.3. The van der Waals surface area contributed by atoms with E-state index in [1.54, 1.807) is 28.4 Å². The third-order valence-corrected chi connectivity index (χ3v) is 8.14. The molecule has 1 aliphatic rings. The second-order valence-corrected chi connectivity index (χ2v) is 11.0. The van der Waals surface area contributed by atoms with Crippen LogP contribution in [0, 0.1) is 0 Å². The maximum Gasteiger partial charge on any atom is 0.145 e. The standard InChI is InChI=1S/C34H38N2O4.C3H8O2/c1-39-31-19-7-3-13-25(31)27-15-9-11-23(33(27)37)21-35-29-17-5-6-18-30(29)36-22-24-12-10-16-28(34(24)38)26-14-4-8-20-32(26)40-2;1-4-3-5-2/h3-4,7-16,19-20,29-30,35-38H,5-6,17-18,21-22H2,1-2H3;3H2,1-2H3/t29-,30?;/m0./s1. The van der Waals surface area contributed by atoms with E-state index in [1.807, 2.05) is 84.9 Å². The molecule has 45 heavy (non-hydrogen) atoms. The van der Waals surface area contributed by atoms with Crippen LogP contribution in [0.5, 0.6) is 23.0 Å². The highest BCUT2D eigenvalue weighted by molar-refractivity contribution is 5.77. The Labute approximate surface area is 266 Å². The maximum atomic E-state index is 11.1. The summed E-state index contributed by atoms with van der Waals surface area (Å²) in [4.78, 5) is 0. The summed E-state index contributed by atoms with van der Waals surface area (Å²) in [6, 6.07) is 27.7. The molecular formula is C37H46N2O6. The second-order valence-electron chi connectivity index (χ2n) is 11.0. The SMILES string of the molecule is COCOC.COc1ccccc1-c1cccc(CNC2CCCC[C@@H]2NCc2cccc(-c3ccccc3OC)c2O)c1O. The number of benzene rings is 4. The van der Waals surface area contributed by atoms with Crippen molar-refractivity contribution in [2.45, 2.75) is 50.9 Å². The molecule has 5 rings (SSSR count). The van der Waals surface area contributed by atoms with Gasteiger partial charge in [-0.1, -0.05) is 85.6 Å². The van der Waals surface area contributed by atoms with Crippen LogP contribution in [0.15, 0.2) is 84.9 Å². The first kappa shape index (κ1) is 33.8. The van der Waals surface area contributed by atoms with Crippen LogP contribution in [-0.2, 0) is 22.6 Å². The molecule has 0 bridgehead atoms. The van der Waals surface area contributed by atoms with Gasteiger partial charge in [0.1, 0.15) is 29.8 Å². The molecule has 0 radical (unpaired) electrons. The number of phenols is 2. The Bertz CT molecular complexity index is 1380. The van der Waals surface area contributed by atoms with E-state index in [1.165, 1.54) is 0 Å². The van der Waals surface area contributed by atoms with Gasteiger partial charge < -0.3 is 39.8 Å². The van der Waals surface area contributed by atoms with Crippen molar-refractivity contribution in [2.24, 2.45) is 0 Å². The number of hydrogen-bond donors (Lipinski definition) is 4. The van der Waals surface area contributed by atoms with Gasteiger partial charge in [-0.2, -0.15) is 0 Å². The van der Waals surface area contributed by atoms with Crippen LogP contribution in [0.4, 0.5) is 0 Å². The van der Waals surface area contributed by atoms with Crippen molar-refractivity contribution in [1.82, 2.24) is 10.6 Å². The van der Waals surface area contributed by atoms with Gasteiger partial charge in [-0.15, -0.1) is 0 Å². The van der Waals surface area contributed by atoms with Gasteiger partial charge in [0.2, 0.25) is 0 Å². The Balaban J connectivity index is 0.000000854. The average Bonchev–Trinajstić information content (AvgIpc) is 3.08. The molecule has 240 valence electrons. The van der Waals surface area contributed by atoms with E-state index in [0.29, 0.717) is 19.9 Å². The molecule has 4 aromatic carbocycles. The zero-order valence-electron chi connectivity index (χ0n) is 26.7. The Morgan fingerprint density at radius 2 is 0.956 bits per heavy atom. The second kappa shape index (κ2) is 17.4. The minimum Gasteiger partial charge on any atom is -0.507 e. The van der Waals surface area contributed by atoms with Crippen molar-refractivity contribution < 1.29 is 29.2 Å². The zero-order valence-corrected chi connectivity index (χ0v) is 26.7. The van der Waals surface area contributed by atoms with E-state index in [4.69, 9.17) is 9.47 Å². The number of nitrogens with one attached hydrogen (secondary N) is 2. The largest absolute Gasteiger partial charge is 0.507 e. The van der Waals surface area contributed by atoms with Crippen LogP contribution in [0.1, 0.15) is 36.8 Å². The minimum absolute atomic E-state index is 0.252. The van der Waals surface area contributed by atoms with Crippen LogP contribution >= 0.6 is 0 Å². The predicted octanol–water partition coefficient (Wildman–Crippen LogP) is 6.88. The highest BCUT2D eigenvalue weighted by atomic mass is 16.6. The third kappa shape index (κ3) is 8.77. The summed E-state index contributed by atoms with van der Waals surface area (Å²) in [7, 11) is 6.46. The third-order valence-electron chi connectivity index (χ3n) is 8.14. The molecule has 1 fully saturated rings. The van der Waals surface area contributed by atoms with E-state index in [2.05, 4.69) is 20.1 Å². The molecule has 0 saturated heterocycles. The van der Waals surface area contributed by atoms with Crippen molar-refractivity contribution >= 4 is 0 Å². The van der Waals surface area contributed by atoms with Gasteiger partial charge in [0.05, 0.1) is 14.2 Å². The van der Waals surface area contributed by atoms with Gasteiger partial charge >= 0.3 is 0 Å². The van der Waals surface area contributed by atoms with Gasteiger partial charge in [-0.3, -0.25) is 0 Å². The molecule has 2 atom stereocenters. The van der Waals surface area contributed by atoms with E-state index in [-0.39, 0.29) is 23.6 Å². The molecular weight excluding hydrogens is 568 g/mol. The number of rotatable bonds is 12. The predicted molar refractivity (Wildman–Crippen MR) is 179 cm³/mol. The van der Waals surface area contributed by atoms with Crippen molar-refractivity contribution in [3.63, 3.8) is 0 Å². The van der Waals surface area contributed by atoms with Gasteiger partial charge in [0, 0.05) is 72.8 Å². The number of aromatic hydroxyl groups is 2. The van der Waals surface area contributed by atoms with Crippen LogP contribution in [0.25, 0.3) is 22.3 Å². The van der Waals surface area contributed by atoms with Crippen molar-refractivity contribution in [3.8, 4) is 45.3 Å². The lowest BCUT2D eigenvalue weighted by Gasteiger charge is -2.33. The molecule has 1 unspecified atom stereocenters. The van der Waals surface area contributed by atoms with E-state index in [0.717, 1.165) is 70.6 Å². The summed E-state index contributed by atoms with van der Waals surface area (Å²) in [6.45, 7) is 1.51. The lowest BCUT2D eigenvalue weighted by Crippen LogP contribution is -2.49. The Morgan fingerprint density at radius 3 is 1.33 bits per heavy atom. The summed E-state index contributed by atoms with van der Waals surface area (Å²) < 4.78 is 20.0. The minimum atomic E-state index is 0.252. The highest BCUT2D eigenvalue weighted by Gasteiger charge is 2.25. The zero-order chi connectivity index (χ0) is 32.0. The van der Waals surface area contributed by atoms with Crippen molar-refractivity contribution in [2.75, 3.05) is 35.2 Å². The first-order chi connectivity index (χ1) is 22.0. The topological polar surface area (TPSA) is 101 Å². The first-order valence-corrected chi connectivity index (χ1v) is 15.3. The summed E-state index contributed by atoms with van der Waals surface area (Å²) in [5.41, 5.74) is 4.99. The molecule has 0 aliphatic heterocycles. The molecule has 8 heteroatoms. The van der Waals surface area contributed by atoms with E-state index < -0.39 is 0 Å². The van der Waals surface area contributed by atoms with Gasteiger partial charge in [0.25, 0.3) is 0 Å². The lowest BCUT2D eigenvalue weighted by molar-refractivity contribution is -0.00272. The van der Waals surface area contributed by atoms with Crippen molar-refractivity contribution in [3.05, 3.63) is 96.1 Å². The molecule has 0 aromatic heterocycles.